The maximum Gasteiger partial charge on any atom is 0.221 e. The first kappa shape index (κ1) is 14.1. The number of hydrogen-bond acceptors (Lipinski definition) is 3. The van der Waals surface area contributed by atoms with Crippen molar-refractivity contribution in [1.29, 1.82) is 0 Å². The van der Waals surface area contributed by atoms with E-state index in [1.165, 1.54) is 13.3 Å². The van der Waals surface area contributed by atoms with Crippen LogP contribution in [0.1, 0.15) is 39.0 Å². The predicted molar refractivity (Wildman–Crippen MR) is 78.5 cm³/mol. The van der Waals surface area contributed by atoms with E-state index in [1.54, 1.807) is 11.8 Å². The van der Waals surface area contributed by atoms with Gasteiger partial charge in [-0.3, -0.25) is 9.59 Å². The van der Waals surface area contributed by atoms with E-state index in [2.05, 4.69) is 5.32 Å². The number of nitrogens with one attached hydrogen (secondary N) is 1. The third-order valence-corrected chi connectivity index (χ3v) is 4.53. The second kappa shape index (κ2) is 6.75. The number of Topliss-reactive ketones (excluding diaryl/α,β-unsaturated/α-hetero) is 1. The lowest BCUT2D eigenvalue weighted by atomic mass is 10.2. The summed E-state index contributed by atoms with van der Waals surface area (Å²) in [6.45, 7) is 1.49. The second-order valence-electron chi connectivity index (χ2n) is 4.88. The van der Waals surface area contributed by atoms with E-state index in [1.807, 2.05) is 24.3 Å². The molecule has 102 valence electrons. The van der Waals surface area contributed by atoms with Crippen molar-refractivity contribution in [3.8, 4) is 0 Å². The lowest BCUT2D eigenvalue weighted by molar-refractivity contribution is -0.118. The predicted octanol–water partition coefficient (Wildman–Crippen LogP) is 3.64. The van der Waals surface area contributed by atoms with Gasteiger partial charge in [0, 0.05) is 23.9 Å². The normalized spacial score (nSPS) is 19.8. The van der Waals surface area contributed by atoms with Gasteiger partial charge < -0.3 is 5.32 Å². The Morgan fingerprint density at radius 3 is 2.63 bits per heavy atom. The van der Waals surface area contributed by atoms with Crippen molar-refractivity contribution < 1.29 is 9.59 Å². The summed E-state index contributed by atoms with van der Waals surface area (Å²) in [7, 11) is 0. The summed E-state index contributed by atoms with van der Waals surface area (Å²) in [5.74, 6) is 0.313. The molecule has 0 radical (unpaired) electrons. The summed E-state index contributed by atoms with van der Waals surface area (Å²) in [6.07, 6.45) is 5.06. The Kier molecular flexibility index (Phi) is 5.02. The molecule has 3 nitrogen and oxygen atoms in total. The number of carbonyl (C=O) groups is 2. The fraction of sp³-hybridized carbons (Fsp3) is 0.467. The van der Waals surface area contributed by atoms with Crippen molar-refractivity contribution in [2.24, 2.45) is 0 Å². The van der Waals surface area contributed by atoms with Gasteiger partial charge in [0.2, 0.25) is 5.91 Å². The molecule has 1 aliphatic carbocycles. The molecule has 0 heterocycles. The summed E-state index contributed by atoms with van der Waals surface area (Å²) in [4.78, 5) is 24.0. The summed E-state index contributed by atoms with van der Waals surface area (Å²) in [5.41, 5.74) is 0.795. The third kappa shape index (κ3) is 4.39. The van der Waals surface area contributed by atoms with Crippen molar-refractivity contribution in [3.05, 3.63) is 24.3 Å². The molecule has 4 heteroatoms. The molecule has 1 saturated carbocycles. The van der Waals surface area contributed by atoms with Gasteiger partial charge in [-0.1, -0.05) is 12.8 Å². The standard InChI is InChI=1S/C15H19NO2S/c1-11(17)16-12-7-9-13(10-8-12)19-15-6-4-2-3-5-14(15)18/h7-10,15H,2-6H2,1H3,(H,16,17). The Morgan fingerprint density at radius 2 is 1.95 bits per heavy atom. The molecule has 0 spiro atoms. The summed E-state index contributed by atoms with van der Waals surface area (Å²) in [6, 6.07) is 7.69. The molecule has 1 N–H and O–H groups in total. The molecule has 1 amide bonds. The van der Waals surface area contributed by atoms with E-state index in [4.69, 9.17) is 0 Å². The number of hydrogen-bond donors (Lipinski definition) is 1. The Labute approximate surface area is 118 Å². The first-order chi connectivity index (χ1) is 9.15. The van der Waals surface area contributed by atoms with E-state index in [0.717, 1.165) is 36.3 Å². The largest absolute Gasteiger partial charge is 0.326 e. The Balaban J connectivity index is 1.98. The average Bonchev–Trinajstić information content (AvgIpc) is 2.57. The van der Waals surface area contributed by atoms with Crippen LogP contribution >= 0.6 is 11.8 Å². The van der Waals surface area contributed by atoms with Crippen LogP contribution in [-0.4, -0.2) is 16.9 Å². The maximum atomic E-state index is 12.0. The van der Waals surface area contributed by atoms with Crippen LogP contribution in [-0.2, 0) is 9.59 Å². The number of ketones is 1. The number of carbonyl (C=O) groups excluding carboxylic acids is 2. The SMILES string of the molecule is CC(=O)Nc1ccc(SC2CCCCCC2=O)cc1. The van der Waals surface area contributed by atoms with Gasteiger partial charge in [0.25, 0.3) is 0 Å². The average molecular weight is 277 g/mol. The molecule has 0 bridgehead atoms. The van der Waals surface area contributed by atoms with Crippen LogP contribution in [0.3, 0.4) is 0 Å². The number of anilines is 1. The van der Waals surface area contributed by atoms with Gasteiger partial charge in [-0.25, -0.2) is 0 Å². The van der Waals surface area contributed by atoms with Gasteiger partial charge in [-0.15, -0.1) is 11.8 Å². The molecule has 0 saturated heterocycles. The van der Waals surface area contributed by atoms with Gasteiger partial charge in [-0.2, -0.15) is 0 Å². The zero-order valence-corrected chi connectivity index (χ0v) is 12.0. The second-order valence-corrected chi connectivity index (χ2v) is 6.15. The molecule has 1 aliphatic rings. The van der Waals surface area contributed by atoms with Crippen molar-refractivity contribution in [1.82, 2.24) is 0 Å². The molecule has 1 aromatic carbocycles. The number of amides is 1. The first-order valence-corrected chi connectivity index (χ1v) is 7.60. The summed E-state index contributed by atoms with van der Waals surface area (Å²) in [5, 5.41) is 2.84. The minimum atomic E-state index is -0.0700. The van der Waals surface area contributed by atoms with Crippen LogP contribution in [0.4, 0.5) is 5.69 Å². The smallest absolute Gasteiger partial charge is 0.221 e. The monoisotopic (exact) mass is 277 g/mol. The van der Waals surface area contributed by atoms with E-state index in [9.17, 15) is 9.59 Å². The molecule has 0 aliphatic heterocycles. The van der Waals surface area contributed by atoms with E-state index in [0.29, 0.717) is 5.78 Å². The molecule has 1 fully saturated rings. The van der Waals surface area contributed by atoms with Crippen molar-refractivity contribution in [2.75, 3.05) is 5.32 Å². The van der Waals surface area contributed by atoms with Crippen LogP contribution in [0.2, 0.25) is 0 Å². The Bertz CT molecular complexity index is 456. The lowest BCUT2D eigenvalue weighted by Gasteiger charge is -2.12. The number of rotatable bonds is 3. The highest BCUT2D eigenvalue weighted by atomic mass is 32.2. The van der Waals surface area contributed by atoms with Crippen molar-refractivity contribution in [3.63, 3.8) is 0 Å². The van der Waals surface area contributed by atoms with Crippen molar-refractivity contribution in [2.45, 2.75) is 49.2 Å². The molecule has 0 aromatic heterocycles. The third-order valence-electron chi connectivity index (χ3n) is 3.20. The van der Waals surface area contributed by atoms with Crippen molar-refractivity contribution >= 4 is 29.1 Å². The maximum absolute atomic E-state index is 12.0. The van der Waals surface area contributed by atoms with E-state index in [-0.39, 0.29) is 11.2 Å². The first-order valence-electron chi connectivity index (χ1n) is 6.72. The molecule has 19 heavy (non-hydrogen) atoms. The highest BCUT2D eigenvalue weighted by Gasteiger charge is 2.21. The minimum Gasteiger partial charge on any atom is -0.326 e. The van der Waals surface area contributed by atoms with Crippen LogP contribution in [0.5, 0.6) is 0 Å². The Morgan fingerprint density at radius 1 is 1.21 bits per heavy atom. The molecule has 1 aromatic rings. The fourth-order valence-electron chi connectivity index (χ4n) is 2.24. The molecule has 2 rings (SSSR count). The van der Waals surface area contributed by atoms with Gasteiger partial charge in [0.1, 0.15) is 5.78 Å². The van der Waals surface area contributed by atoms with Gasteiger partial charge in [0.15, 0.2) is 0 Å². The van der Waals surface area contributed by atoms with Gasteiger partial charge in [-0.05, 0) is 37.1 Å². The van der Waals surface area contributed by atoms with Gasteiger partial charge in [0.05, 0.1) is 5.25 Å². The highest BCUT2D eigenvalue weighted by Crippen LogP contribution is 2.31. The van der Waals surface area contributed by atoms with Crippen LogP contribution in [0.25, 0.3) is 0 Å². The fourth-order valence-corrected chi connectivity index (χ4v) is 3.39. The molecular formula is C15H19NO2S. The summed E-state index contributed by atoms with van der Waals surface area (Å²) < 4.78 is 0. The lowest BCUT2D eigenvalue weighted by Crippen LogP contribution is -2.14. The van der Waals surface area contributed by atoms with E-state index < -0.39 is 0 Å². The Hall–Kier alpha value is -1.29. The number of thioether (sulfide) groups is 1. The van der Waals surface area contributed by atoms with Crippen LogP contribution < -0.4 is 5.32 Å². The molecule has 1 atom stereocenters. The zero-order valence-electron chi connectivity index (χ0n) is 11.1. The quantitative estimate of drug-likeness (QED) is 0.858. The minimum absolute atomic E-state index is 0.0700. The van der Waals surface area contributed by atoms with Crippen LogP contribution in [0.15, 0.2) is 29.2 Å². The number of benzene rings is 1. The van der Waals surface area contributed by atoms with Crippen LogP contribution in [0, 0.1) is 0 Å². The molecule has 1 unspecified atom stereocenters. The molecular weight excluding hydrogens is 258 g/mol. The zero-order chi connectivity index (χ0) is 13.7. The summed E-state index contributed by atoms with van der Waals surface area (Å²) >= 11 is 1.65. The van der Waals surface area contributed by atoms with E-state index >= 15 is 0 Å². The topological polar surface area (TPSA) is 46.2 Å². The highest BCUT2D eigenvalue weighted by molar-refractivity contribution is 8.00. The van der Waals surface area contributed by atoms with Gasteiger partial charge >= 0.3 is 0 Å².